The predicted molar refractivity (Wildman–Crippen MR) is 78.3 cm³/mol. The van der Waals surface area contributed by atoms with Gasteiger partial charge in [0.1, 0.15) is 0 Å². The zero-order valence-corrected chi connectivity index (χ0v) is 12.8. The Morgan fingerprint density at radius 1 is 1.40 bits per heavy atom. The van der Waals surface area contributed by atoms with Crippen molar-refractivity contribution in [2.24, 2.45) is 7.05 Å². The van der Waals surface area contributed by atoms with E-state index in [0.717, 1.165) is 36.1 Å². The van der Waals surface area contributed by atoms with Gasteiger partial charge in [0.05, 0.1) is 16.7 Å². The minimum absolute atomic E-state index is 0.213. The molecule has 3 heterocycles. The van der Waals surface area contributed by atoms with E-state index in [1.807, 2.05) is 23.3 Å². The summed E-state index contributed by atoms with van der Waals surface area (Å²) < 4.78 is 4.55. The molecule has 0 saturated carbocycles. The standard InChI is InChI=1S/C13H16BrN5O/c1-17-6-10(4-15-13(17)20)7-18-3-2-12(9-18)19-8-11(14)5-16-19/h4-6,8,12H,2-3,7,9H2,1H3. The molecular weight excluding hydrogens is 322 g/mol. The number of hydrogen-bond donors (Lipinski definition) is 0. The lowest BCUT2D eigenvalue weighted by atomic mass is 10.3. The van der Waals surface area contributed by atoms with Crippen molar-refractivity contribution in [3.8, 4) is 0 Å². The van der Waals surface area contributed by atoms with E-state index in [1.54, 1.807) is 13.2 Å². The maximum absolute atomic E-state index is 11.3. The average Bonchev–Trinajstić information content (AvgIpc) is 3.03. The maximum atomic E-state index is 11.3. The van der Waals surface area contributed by atoms with Crippen LogP contribution >= 0.6 is 15.9 Å². The Morgan fingerprint density at radius 3 is 2.95 bits per heavy atom. The fourth-order valence-electron chi connectivity index (χ4n) is 2.59. The van der Waals surface area contributed by atoms with E-state index in [9.17, 15) is 4.79 Å². The van der Waals surface area contributed by atoms with Gasteiger partial charge < -0.3 is 4.57 Å². The first-order valence-electron chi connectivity index (χ1n) is 6.55. The SMILES string of the molecule is Cn1cc(CN2CCC(n3cc(Br)cn3)C2)cnc1=O. The number of likely N-dealkylation sites (tertiary alicyclic amines) is 1. The first-order valence-corrected chi connectivity index (χ1v) is 7.34. The lowest BCUT2D eigenvalue weighted by molar-refractivity contribution is 0.310. The summed E-state index contributed by atoms with van der Waals surface area (Å²) in [4.78, 5) is 17.5. The molecule has 1 aliphatic heterocycles. The molecule has 0 radical (unpaired) electrons. The van der Waals surface area contributed by atoms with Crippen molar-refractivity contribution in [1.82, 2.24) is 24.2 Å². The summed E-state index contributed by atoms with van der Waals surface area (Å²) in [5.74, 6) is 0. The molecule has 0 N–H and O–H groups in total. The highest BCUT2D eigenvalue weighted by atomic mass is 79.9. The molecule has 0 spiro atoms. The average molecular weight is 338 g/mol. The summed E-state index contributed by atoms with van der Waals surface area (Å²) in [5.41, 5.74) is 0.851. The van der Waals surface area contributed by atoms with Gasteiger partial charge >= 0.3 is 5.69 Å². The van der Waals surface area contributed by atoms with Gasteiger partial charge in [0.25, 0.3) is 0 Å². The summed E-state index contributed by atoms with van der Waals surface area (Å²) >= 11 is 3.43. The summed E-state index contributed by atoms with van der Waals surface area (Å²) in [5, 5.41) is 4.35. The normalized spacial score (nSPS) is 19.6. The Kier molecular flexibility index (Phi) is 3.71. The second-order valence-electron chi connectivity index (χ2n) is 5.17. The van der Waals surface area contributed by atoms with Gasteiger partial charge in [-0.3, -0.25) is 9.58 Å². The van der Waals surface area contributed by atoms with Crippen molar-refractivity contribution in [2.75, 3.05) is 13.1 Å². The van der Waals surface area contributed by atoms with Crippen molar-refractivity contribution in [3.05, 3.63) is 45.3 Å². The minimum Gasteiger partial charge on any atom is -0.302 e. The molecule has 6 nitrogen and oxygen atoms in total. The van der Waals surface area contributed by atoms with Crippen LogP contribution in [-0.2, 0) is 13.6 Å². The van der Waals surface area contributed by atoms with Gasteiger partial charge in [-0.1, -0.05) is 0 Å². The largest absolute Gasteiger partial charge is 0.347 e. The Balaban J connectivity index is 1.65. The second kappa shape index (κ2) is 5.49. The van der Waals surface area contributed by atoms with Crippen molar-refractivity contribution >= 4 is 15.9 Å². The Bertz CT molecular complexity index is 665. The van der Waals surface area contributed by atoms with Crippen molar-refractivity contribution in [1.29, 1.82) is 0 Å². The van der Waals surface area contributed by atoms with Crippen LogP contribution in [-0.4, -0.2) is 37.3 Å². The molecule has 3 rings (SSSR count). The summed E-state index contributed by atoms with van der Waals surface area (Å²) in [7, 11) is 1.73. The fourth-order valence-corrected chi connectivity index (χ4v) is 2.89. The molecule has 20 heavy (non-hydrogen) atoms. The van der Waals surface area contributed by atoms with Gasteiger partial charge in [0, 0.05) is 50.8 Å². The topological polar surface area (TPSA) is 56.0 Å². The van der Waals surface area contributed by atoms with E-state index in [-0.39, 0.29) is 5.69 Å². The number of halogens is 1. The predicted octanol–water partition coefficient (Wildman–Crippen LogP) is 1.19. The van der Waals surface area contributed by atoms with Crippen molar-refractivity contribution < 1.29 is 0 Å². The van der Waals surface area contributed by atoms with Crippen LogP contribution in [0.1, 0.15) is 18.0 Å². The van der Waals surface area contributed by atoms with E-state index >= 15 is 0 Å². The highest BCUT2D eigenvalue weighted by Crippen LogP contribution is 2.23. The van der Waals surface area contributed by atoms with Gasteiger partial charge in [0.15, 0.2) is 0 Å². The quantitative estimate of drug-likeness (QED) is 0.844. The van der Waals surface area contributed by atoms with Crippen LogP contribution in [0.4, 0.5) is 0 Å². The zero-order valence-electron chi connectivity index (χ0n) is 11.2. The van der Waals surface area contributed by atoms with Crippen LogP contribution < -0.4 is 5.69 Å². The zero-order chi connectivity index (χ0) is 14.1. The van der Waals surface area contributed by atoms with Crippen LogP contribution in [0.2, 0.25) is 0 Å². The smallest absolute Gasteiger partial charge is 0.302 e. The minimum atomic E-state index is -0.213. The summed E-state index contributed by atoms with van der Waals surface area (Å²) in [6.45, 7) is 2.82. The number of aryl methyl sites for hydroxylation is 1. The first kappa shape index (κ1) is 13.5. The molecule has 1 saturated heterocycles. The molecular formula is C13H16BrN5O. The van der Waals surface area contributed by atoms with Crippen LogP contribution in [0.25, 0.3) is 0 Å². The van der Waals surface area contributed by atoms with E-state index in [1.165, 1.54) is 4.57 Å². The van der Waals surface area contributed by atoms with E-state index in [4.69, 9.17) is 0 Å². The molecule has 2 aromatic heterocycles. The third kappa shape index (κ3) is 2.83. The van der Waals surface area contributed by atoms with E-state index in [0.29, 0.717) is 6.04 Å². The molecule has 1 atom stereocenters. The molecule has 106 valence electrons. The van der Waals surface area contributed by atoms with Crippen molar-refractivity contribution in [3.63, 3.8) is 0 Å². The number of aromatic nitrogens is 4. The van der Waals surface area contributed by atoms with Gasteiger partial charge in [0.2, 0.25) is 0 Å². The summed E-state index contributed by atoms with van der Waals surface area (Å²) in [6, 6.07) is 0.418. The van der Waals surface area contributed by atoms with Gasteiger partial charge in [-0.05, 0) is 22.4 Å². The van der Waals surface area contributed by atoms with Gasteiger partial charge in [-0.25, -0.2) is 9.78 Å². The lowest BCUT2D eigenvalue weighted by Gasteiger charge is -2.16. The van der Waals surface area contributed by atoms with Gasteiger partial charge in [-0.2, -0.15) is 5.10 Å². The molecule has 1 unspecified atom stereocenters. The van der Waals surface area contributed by atoms with E-state index in [2.05, 4.69) is 30.9 Å². The van der Waals surface area contributed by atoms with Crippen LogP contribution in [0.15, 0.2) is 34.1 Å². The van der Waals surface area contributed by atoms with E-state index < -0.39 is 0 Å². The third-order valence-electron chi connectivity index (χ3n) is 3.60. The molecule has 1 fully saturated rings. The molecule has 7 heteroatoms. The summed E-state index contributed by atoms with van der Waals surface area (Å²) in [6.07, 6.45) is 8.45. The van der Waals surface area contributed by atoms with Crippen LogP contribution in [0.5, 0.6) is 0 Å². The monoisotopic (exact) mass is 337 g/mol. The fraction of sp³-hybridized carbons (Fsp3) is 0.462. The Hall–Kier alpha value is -1.47. The van der Waals surface area contributed by atoms with Crippen LogP contribution in [0.3, 0.4) is 0 Å². The number of nitrogens with zero attached hydrogens (tertiary/aromatic N) is 5. The van der Waals surface area contributed by atoms with Gasteiger partial charge in [-0.15, -0.1) is 0 Å². The molecule has 0 amide bonds. The Labute approximate surface area is 125 Å². The molecule has 0 bridgehead atoms. The molecule has 0 aliphatic carbocycles. The maximum Gasteiger partial charge on any atom is 0.347 e. The lowest BCUT2D eigenvalue weighted by Crippen LogP contribution is -2.24. The highest BCUT2D eigenvalue weighted by molar-refractivity contribution is 9.10. The number of rotatable bonds is 3. The second-order valence-corrected chi connectivity index (χ2v) is 6.09. The molecule has 0 aromatic carbocycles. The first-order chi connectivity index (χ1) is 9.61. The third-order valence-corrected chi connectivity index (χ3v) is 4.01. The Morgan fingerprint density at radius 2 is 2.25 bits per heavy atom. The molecule has 2 aromatic rings. The molecule has 1 aliphatic rings. The van der Waals surface area contributed by atoms with Crippen molar-refractivity contribution in [2.45, 2.75) is 19.0 Å². The van der Waals surface area contributed by atoms with Crippen LogP contribution in [0, 0.1) is 0 Å². The number of hydrogen-bond acceptors (Lipinski definition) is 4. The highest BCUT2D eigenvalue weighted by Gasteiger charge is 2.24.